The summed E-state index contributed by atoms with van der Waals surface area (Å²) in [6, 6.07) is 8.78. The molecule has 2 aromatic rings. The van der Waals surface area contributed by atoms with Gasteiger partial charge in [0.1, 0.15) is 0 Å². The lowest BCUT2D eigenvalue weighted by atomic mass is 10.1. The topological polar surface area (TPSA) is 4.93 Å². The Hall–Kier alpha value is -1.15. The number of para-hydroxylation sites is 1. The van der Waals surface area contributed by atoms with Crippen LogP contribution in [0.2, 0.25) is 0 Å². The van der Waals surface area contributed by atoms with Crippen LogP contribution in [0.3, 0.4) is 0 Å². The molecule has 0 saturated heterocycles. The van der Waals surface area contributed by atoms with Gasteiger partial charge in [-0.2, -0.15) is 0 Å². The first-order valence-corrected chi connectivity index (χ1v) is 7.52. The number of allylic oxidation sites excluding steroid dienone is 2. The number of benzene rings is 1. The molecule has 0 unspecified atom stereocenters. The molecule has 2 heteroatoms. The maximum absolute atomic E-state index is 2.35. The maximum atomic E-state index is 2.35. The summed E-state index contributed by atoms with van der Waals surface area (Å²) in [4.78, 5) is 1.38. The second kappa shape index (κ2) is 4.85. The molecule has 1 saturated carbocycles. The van der Waals surface area contributed by atoms with Gasteiger partial charge in [0.15, 0.2) is 0 Å². The molecule has 1 heterocycles. The lowest BCUT2D eigenvalue weighted by Crippen LogP contribution is -1.83. The van der Waals surface area contributed by atoms with Crippen molar-refractivity contribution in [2.24, 2.45) is 0 Å². The highest BCUT2D eigenvalue weighted by atomic mass is 32.2. The summed E-state index contributed by atoms with van der Waals surface area (Å²) in [6.07, 6.45) is 8.47. The van der Waals surface area contributed by atoms with Crippen LogP contribution in [0.1, 0.15) is 44.6 Å². The van der Waals surface area contributed by atoms with Gasteiger partial charge in [0.05, 0.1) is 5.52 Å². The number of nitrogens with zero attached hydrogens (tertiary/aromatic N) is 1. The van der Waals surface area contributed by atoms with E-state index in [1.807, 2.05) is 11.9 Å². The molecule has 0 aliphatic heterocycles. The predicted molar refractivity (Wildman–Crippen MR) is 81.0 cm³/mol. The zero-order valence-electron chi connectivity index (χ0n) is 11.0. The van der Waals surface area contributed by atoms with E-state index in [-0.39, 0.29) is 0 Å². The van der Waals surface area contributed by atoms with Crippen LogP contribution in [0.15, 0.2) is 41.4 Å². The average molecular weight is 257 g/mol. The Balaban J connectivity index is 2.03. The van der Waals surface area contributed by atoms with E-state index in [4.69, 9.17) is 0 Å². The van der Waals surface area contributed by atoms with Gasteiger partial charge in [0.2, 0.25) is 0 Å². The van der Waals surface area contributed by atoms with Gasteiger partial charge in [-0.1, -0.05) is 31.2 Å². The largest absolute Gasteiger partial charge is 0.287 e. The number of hydrogen-bond donors (Lipinski definition) is 0. The van der Waals surface area contributed by atoms with Crippen LogP contribution in [-0.2, 0) is 0 Å². The molecule has 0 spiro atoms. The van der Waals surface area contributed by atoms with Crippen LogP contribution in [0, 0.1) is 0 Å². The van der Waals surface area contributed by atoms with Crippen LogP contribution in [0.25, 0.3) is 10.9 Å². The van der Waals surface area contributed by atoms with Crippen molar-refractivity contribution in [1.82, 2.24) is 3.97 Å². The standard InChI is InChI=1S/C16H19NS/c1-3-6-12(2)18-17-11-15(13-9-10-13)14-7-4-5-8-16(14)17/h4-8,11,13H,3,9-10H2,1-2H3/b12-6+. The third kappa shape index (κ3) is 2.22. The molecule has 0 radical (unpaired) electrons. The fourth-order valence-corrected chi connectivity index (χ4v) is 3.43. The molecule has 3 rings (SSSR count). The van der Waals surface area contributed by atoms with Gasteiger partial charge < -0.3 is 0 Å². The lowest BCUT2D eigenvalue weighted by molar-refractivity contribution is 1.14. The Bertz CT molecular complexity index is 590. The first kappa shape index (κ1) is 11.9. The monoisotopic (exact) mass is 257 g/mol. The molecule has 0 N–H and O–H groups in total. The van der Waals surface area contributed by atoms with E-state index >= 15 is 0 Å². The SMILES string of the molecule is CC/C=C(\C)Sn1cc(C2CC2)c2ccccc21. The van der Waals surface area contributed by atoms with Gasteiger partial charge in [0, 0.05) is 11.6 Å². The summed E-state index contributed by atoms with van der Waals surface area (Å²) in [5.41, 5.74) is 2.90. The molecule has 18 heavy (non-hydrogen) atoms. The normalized spacial score (nSPS) is 16.4. The zero-order valence-corrected chi connectivity index (χ0v) is 11.8. The fraction of sp³-hybridized carbons (Fsp3) is 0.375. The smallest absolute Gasteiger partial charge is 0.0597 e. The van der Waals surface area contributed by atoms with Gasteiger partial charge >= 0.3 is 0 Å². The number of fused-ring (bicyclic) bond motifs is 1. The summed E-state index contributed by atoms with van der Waals surface area (Å²) < 4.78 is 2.34. The van der Waals surface area contributed by atoms with Gasteiger partial charge in [0.25, 0.3) is 0 Å². The van der Waals surface area contributed by atoms with E-state index < -0.39 is 0 Å². The van der Waals surface area contributed by atoms with Crippen LogP contribution in [0.5, 0.6) is 0 Å². The van der Waals surface area contributed by atoms with Crippen molar-refractivity contribution in [2.75, 3.05) is 0 Å². The van der Waals surface area contributed by atoms with Gasteiger partial charge in [-0.25, -0.2) is 0 Å². The van der Waals surface area contributed by atoms with E-state index in [9.17, 15) is 0 Å². The second-order valence-electron chi connectivity index (χ2n) is 5.02. The van der Waals surface area contributed by atoms with Crippen molar-refractivity contribution >= 4 is 22.9 Å². The van der Waals surface area contributed by atoms with Crippen LogP contribution in [0.4, 0.5) is 0 Å². The van der Waals surface area contributed by atoms with Gasteiger partial charge in [-0.05, 0) is 60.6 Å². The van der Waals surface area contributed by atoms with Crippen molar-refractivity contribution in [2.45, 2.75) is 39.0 Å². The molecule has 1 aliphatic carbocycles. The summed E-state index contributed by atoms with van der Waals surface area (Å²) in [5, 5.41) is 1.44. The Morgan fingerprint density at radius 1 is 1.39 bits per heavy atom. The van der Waals surface area contributed by atoms with E-state index in [1.54, 1.807) is 5.56 Å². The molecular weight excluding hydrogens is 238 g/mol. The molecule has 1 aliphatic rings. The Kier molecular flexibility index (Phi) is 3.21. The molecule has 0 atom stereocenters. The quantitative estimate of drug-likeness (QED) is 0.716. The molecule has 1 nitrogen and oxygen atoms in total. The van der Waals surface area contributed by atoms with E-state index in [0.29, 0.717) is 0 Å². The molecule has 1 aromatic carbocycles. The Morgan fingerprint density at radius 2 is 2.17 bits per heavy atom. The zero-order chi connectivity index (χ0) is 12.5. The first-order valence-electron chi connectivity index (χ1n) is 6.74. The van der Waals surface area contributed by atoms with Crippen molar-refractivity contribution in [3.05, 3.63) is 47.0 Å². The molecule has 1 aromatic heterocycles. The highest BCUT2D eigenvalue weighted by molar-refractivity contribution is 8.01. The number of hydrogen-bond acceptors (Lipinski definition) is 1. The summed E-state index contributed by atoms with van der Waals surface area (Å²) in [5.74, 6) is 0.812. The maximum Gasteiger partial charge on any atom is 0.0597 e. The number of rotatable bonds is 4. The molecule has 1 fully saturated rings. The minimum atomic E-state index is 0.812. The fourth-order valence-electron chi connectivity index (χ4n) is 2.45. The predicted octanol–water partition coefficient (Wildman–Crippen LogP) is 5.33. The second-order valence-corrected chi connectivity index (χ2v) is 6.24. The highest BCUT2D eigenvalue weighted by Crippen LogP contribution is 2.44. The van der Waals surface area contributed by atoms with E-state index in [2.05, 4.69) is 54.4 Å². The third-order valence-electron chi connectivity index (χ3n) is 3.46. The summed E-state index contributed by atoms with van der Waals surface area (Å²) >= 11 is 1.84. The van der Waals surface area contributed by atoms with Crippen LogP contribution >= 0.6 is 11.9 Å². The molecule has 94 valence electrons. The van der Waals surface area contributed by atoms with E-state index in [1.165, 1.54) is 28.6 Å². The van der Waals surface area contributed by atoms with Crippen LogP contribution < -0.4 is 0 Å². The summed E-state index contributed by atoms with van der Waals surface area (Å²) in [7, 11) is 0. The molecule has 0 bridgehead atoms. The minimum Gasteiger partial charge on any atom is -0.287 e. The van der Waals surface area contributed by atoms with Gasteiger partial charge in [-0.15, -0.1) is 0 Å². The molecule has 0 amide bonds. The first-order chi connectivity index (χ1) is 8.79. The third-order valence-corrected chi connectivity index (χ3v) is 4.41. The van der Waals surface area contributed by atoms with Crippen molar-refractivity contribution in [1.29, 1.82) is 0 Å². The number of aromatic nitrogens is 1. The van der Waals surface area contributed by atoms with Crippen LogP contribution in [-0.4, -0.2) is 3.97 Å². The highest BCUT2D eigenvalue weighted by Gasteiger charge is 2.27. The Labute approximate surface area is 113 Å². The molecular formula is C16H19NS. The van der Waals surface area contributed by atoms with Crippen molar-refractivity contribution in [3.63, 3.8) is 0 Å². The van der Waals surface area contributed by atoms with Gasteiger partial charge in [-0.3, -0.25) is 3.97 Å². The Morgan fingerprint density at radius 3 is 2.89 bits per heavy atom. The lowest BCUT2D eigenvalue weighted by Gasteiger charge is -2.03. The van der Waals surface area contributed by atoms with Crippen molar-refractivity contribution < 1.29 is 0 Å². The summed E-state index contributed by atoms with van der Waals surface area (Å²) in [6.45, 7) is 4.38. The van der Waals surface area contributed by atoms with E-state index in [0.717, 1.165) is 12.3 Å². The minimum absolute atomic E-state index is 0.812. The average Bonchev–Trinajstić information content (AvgIpc) is 3.14. The van der Waals surface area contributed by atoms with Crippen molar-refractivity contribution in [3.8, 4) is 0 Å².